The molecule has 2 atom stereocenters. The summed E-state index contributed by atoms with van der Waals surface area (Å²) in [6, 6.07) is 0. The number of alkyl halides is 1. The van der Waals surface area contributed by atoms with Crippen LogP contribution in [0.4, 0.5) is 0 Å². The third-order valence-electron chi connectivity index (χ3n) is 2.19. The van der Waals surface area contributed by atoms with Crippen LogP contribution in [0.25, 0.3) is 0 Å². The van der Waals surface area contributed by atoms with Gasteiger partial charge in [0.05, 0.1) is 18.8 Å². The minimum absolute atomic E-state index is 0.0141. The third kappa shape index (κ3) is 3.22. The number of carbonyl (C=O) groups is 1. The molecule has 0 aromatic rings. The van der Waals surface area contributed by atoms with E-state index < -0.39 is 0 Å². The largest absolute Gasteiger partial charge is 0.394 e. The Morgan fingerprint density at radius 3 is 2.93 bits per heavy atom. The second-order valence-electron chi connectivity index (χ2n) is 3.49. The number of carbonyl (C=O) groups excluding carboxylic acids is 1. The normalized spacial score (nSPS) is 27.8. The Bertz CT molecular complexity index is 200. The number of ether oxygens (including phenoxy) is 1. The summed E-state index contributed by atoms with van der Waals surface area (Å²) in [5.41, 5.74) is 0. The van der Waals surface area contributed by atoms with Crippen molar-refractivity contribution in [1.29, 1.82) is 0 Å². The molecule has 2 unspecified atom stereocenters. The van der Waals surface area contributed by atoms with Crippen LogP contribution in [0.5, 0.6) is 0 Å². The summed E-state index contributed by atoms with van der Waals surface area (Å²) >= 11 is 3.24. The molecular weight excluding hydrogens is 250 g/mol. The molecule has 0 aromatic heterocycles. The summed E-state index contributed by atoms with van der Waals surface area (Å²) in [6.07, 6.45) is 0.295. The lowest BCUT2D eigenvalue weighted by atomic mass is 10.2. The lowest BCUT2D eigenvalue weighted by Crippen LogP contribution is -2.50. The highest BCUT2D eigenvalue weighted by atomic mass is 79.9. The lowest BCUT2D eigenvalue weighted by molar-refractivity contribution is -0.146. The van der Waals surface area contributed by atoms with Gasteiger partial charge in [-0.05, 0) is 6.92 Å². The number of rotatable bonds is 3. The van der Waals surface area contributed by atoms with Crippen LogP contribution >= 0.6 is 15.9 Å². The number of morpholine rings is 1. The molecule has 0 aromatic carbocycles. The highest BCUT2D eigenvalue weighted by molar-refractivity contribution is 9.09. The zero-order valence-electron chi connectivity index (χ0n) is 8.28. The molecule has 14 heavy (non-hydrogen) atoms. The average Bonchev–Trinajstić information content (AvgIpc) is 2.17. The molecule has 1 amide bonds. The van der Waals surface area contributed by atoms with E-state index >= 15 is 0 Å². The van der Waals surface area contributed by atoms with Gasteiger partial charge in [0.2, 0.25) is 5.91 Å². The maximum Gasteiger partial charge on any atom is 0.223 e. The van der Waals surface area contributed by atoms with Gasteiger partial charge in [0, 0.05) is 24.8 Å². The number of aliphatic hydroxyl groups excluding tert-OH is 1. The number of hydrogen-bond acceptors (Lipinski definition) is 3. The second kappa shape index (κ2) is 5.68. The Balaban J connectivity index is 2.48. The molecule has 0 saturated carbocycles. The van der Waals surface area contributed by atoms with Crippen molar-refractivity contribution in [3.63, 3.8) is 0 Å². The first-order valence-corrected chi connectivity index (χ1v) is 5.89. The number of amides is 1. The predicted molar refractivity (Wildman–Crippen MR) is 56.4 cm³/mol. The van der Waals surface area contributed by atoms with Gasteiger partial charge >= 0.3 is 0 Å². The quantitative estimate of drug-likeness (QED) is 0.751. The SMILES string of the molecule is CC1CN(C(=O)CCBr)CC(CO)O1. The van der Waals surface area contributed by atoms with Crippen molar-refractivity contribution < 1.29 is 14.6 Å². The Morgan fingerprint density at radius 2 is 2.36 bits per heavy atom. The summed E-state index contributed by atoms with van der Waals surface area (Å²) in [6.45, 7) is 3.02. The minimum Gasteiger partial charge on any atom is -0.394 e. The minimum atomic E-state index is -0.224. The molecule has 1 aliphatic rings. The molecular formula is C9H16BrNO3. The number of halogens is 1. The monoisotopic (exact) mass is 265 g/mol. The first-order chi connectivity index (χ1) is 6.67. The molecule has 1 aliphatic heterocycles. The maximum atomic E-state index is 11.6. The molecule has 1 N–H and O–H groups in total. The van der Waals surface area contributed by atoms with Gasteiger partial charge in [0.25, 0.3) is 0 Å². The fourth-order valence-corrected chi connectivity index (χ4v) is 1.93. The first kappa shape index (κ1) is 11.9. The zero-order valence-corrected chi connectivity index (χ0v) is 9.87. The molecule has 0 radical (unpaired) electrons. The average molecular weight is 266 g/mol. The highest BCUT2D eigenvalue weighted by Crippen LogP contribution is 2.12. The van der Waals surface area contributed by atoms with Crippen molar-refractivity contribution in [3.05, 3.63) is 0 Å². The van der Waals surface area contributed by atoms with Crippen LogP contribution in [0.1, 0.15) is 13.3 Å². The van der Waals surface area contributed by atoms with Crippen LogP contribution in [-0.4, -0.2) is 53.1 Å². The Hall–Kier alpha value is -0.130. The van der Waals surface area contributed by atoms with E-state index in [0.717, 1.165) is 0 Å². The molecule has 1 heterocycles. The second-order valence-corrected chi connectivity index (χ2v) is 4.28. The van der Waals surface area contributed by atoms with Gasteiger partial charge in [-0.3, -0.25) is 4.79 Å². The summed E-state index contributed by atoms with van der Waals surface area (Å²) in [4.78, 5) is 13.3. The summed E-state index contributed by atoms with van der Waals surface area (Å²) < 4.78 is 5.44. The van der Waals surface area contributed by atoms with E-state index in [1.54, 1.807) is 4.90 Å². The van der Waals surface area contributed by atoms with Gasteiger partial charge in [0.1, 0.15) is 0 Å². The molecule has 1 saturated heterocycles. The zero-order chi connectivity index (χ0) is 10.6. The van der Waals surface area contributed by atoms with E-state index in [2.05, 4.69) is 15.9 Å². The summed E-state index contributed by atoms with van der Waals surface area (Å²) in [7, 11) is 0. The van der Waals surface area contributed by atoms with E-state index in [1.807, 2.05) is 6.92 Å². The lowest BCUT2D eigenvalue weighted by Gasteiger charge is -2.36. The van der Waals surface area contributed by atoms with E-state index in [1.165, 1.54) is 0 Å². The standard InChI is InChI=1S/C9H16BrNO3/c1-7-4-11(9(13)2-3-10)5-8(6-12)14-7/h7-8,12H,2-6H2,1H3. The predicted octanol–water partition coefficient (Wildman–Crippen LogP) is 0.380. The van der Waals surface area contributed by atoms with Gasteiger partial charge in [-0.15, -0.1) is 0 Å². The van der Waals surface area contributed by atoms with E-state index in [-0.39, 0.29) is 24.7 Å². The summed E-state index contributed by atoms with van der Waals surface area (Å²) in [5, 5.41) is 9.65. The van der Waals surface area contributed by atoms with E-state index in [4.69, 9.17) is 9.84 Å². The first-order valence-electron chi connectivity index (χ1n) is 4.77. The van der Waals surface area contributed by atoms with Crippen LogP contribution in [-0.2, 0) is 9.53 Å². The van der Waals surface area contributed by atoms with Crippen molar-refractivity contribution >= 4 is 21.8 Å². The topological polar surface area (TPSA) is 49.8 Å². The third-order valence-corrected chi connectivity index (χ3v) is 2.59. The van der Waals surface area contributed by atoms with Crippen LogP contribution in [0.3, 0.4) is 0 Å². The molecule has 1 fully saturated rings. The molecule has 4 nitrogen and oxygen atoms in total. The van der Waals surface area contributed by atoms with Crippen LogP contribution in [0, 0.1) is 0 Å². The van der Waals surface area contributed by atoms with Crippen LogP contribution in [0.15, 0.2) is 0 Å². The van der Waals surface area contributed by atoms with Crippen molar-refractivity contribution in [3.8, 4) is 0 Å². The van der Waals surface area contributed by atoms with Gasteiger partial charge in [-0.1, -0.05) is 15.9 Å². The van der Waals surface area contributed by atoms with Crippen LogP contribution < -0.4 is 0 Å². The molecule has 0 spiro atoms. The molecule has 82 valence electrons. The molecule has 0 aliphatic carbocycles. The Labute approximate surface area is 92.3 Å². The van der Waals surface area contributed by atoms with Gasteiger partial charge in [-0.2, -0.15) is 0 Å². The fourth-order valence-electron chi connectivity index (χ4n) is 1.59. The number of nitrogens with zero attached hydrogens (tertiary/aromatic N) is 1. The fraction of sp³-hybridized carbons (Fsp3) is 0.889. The van der Waals surface area contributed by atoms with Crippen molar-refractivity contribution in [2.75, 3.05) is 25.0 Å². The summed E-state index contributed by atoms with van der Waals surface area (Å²) in [5.74, 6) is 0.121. The number of hydrogen-bond donors (Lipinski definition) is 1. The van der Waals surface area contributed by atoms with Crippen molar-refractivity contribution in [2.45, 2.75) is 25.6 Å². The van der Waals surface area contributed by atoms with Crippen LogP contribution in [0.2, 0.25) is 0 Å². The Kier molecular flexibility index (Phi) is 4.84. The Morgan fingerprint density at radius 1 is 1.64 bits per heavy atom. The maximum absolute atomic E-state index is 11.6. The van der Waals surface area contributed by atoms with Gasteiger partial charge < -0.3 is 14.7 Å². The van der Waals surface area contributed by atoms with E-state index in [9.17, 15) is 4.79 Å². The molecule has 0 bridgehead atoms. The van der Waals surface area contributed by atoms with Crippen molar-refractivity contribution in [1.82, 2.24) is 4.90 Å². The van der Waals surface area contributed by atoms with Crippen molar-refractivity contribution in [2.24, 2.45) is 0 Å². The number of aliphatic hydroxyl groups is 1. The molecule has 5 heteroatoms. The highest BCUT2D eigenvalue weighted by Gasteiger charge is 2.27. The molecule has 1 rings (SSSR count). The smallest absolute Gasteiger partial charge is 0.223 e. The van der Waals surface area contributed by atoms with Gasteiger partial charge in [-0.25, -0.2) is 0 Å². The van der Waals surface area contributed by atoms with Gasteiger partial charge in [0.15, 0.2) is 0 Å². The van der Waals surface area contributed by atoms with E-state index in [0.29, 0.717) is 24.8 Å².